The van der Waals surface area contributed by atoms with Gasteiger partial charge in [-0.3, -0.25) is 4.79 Å². The highest BCUT2D eigenvalue weighted by Crippen LogP contribution is 2.34. The molecule has 1 atom stereocenters. The number of hydrogen-bond acceptors (Lipinski definition) is 3. The Morgan fingerprint density at radius 2 is 2.00 bits per heavy atom. The molecule has 0 aliphatic heterocycles. The summed E-state index contributed by atoms with van der Waals surface area (Å²) in [6.07, 6.45) is 8.19. The molecule has 0 heterocycles. The lowest BCUT2D eigenvalue weighted by Crippen LogP contribution is -2.35. The first-order valence-electron chi connectivity index (χ1n) is 8.02. The molecule has 1 aromatic rings. The van der Waals surface area contributed by atoms with Gasteiger partial charge < -0.3 is 11.1 Å². The minimum atomic E-state index is -0.405. The number of rotatable bonds is 7. The van der Waals surface area contributed by atoms with E-state index in [-0.39, 0.29) is 5.91 Å². The van der Waals surface area contributed by atoms with Gasteiger partial charge >= 0.3 is 0 Å². The van der Waals surface area contributed by atoms with E-state index in [1.54, 1.807) is 0 Å². The Labute approximate surface area is 132 Å². The molecule has 1 unspecified atom stereocenters. The van der Waals surface area contributed by atoms with Gasteiger partial charge in [0.25, 0.3) is 0 Å². The number of amides is 1. The van der Waals surface area contributed by atoms with Crippen LogP contribution in [0.4, 0.5) is 5.69 Å². The van der Waals surface area contributed by atoms with Gasteiger partial charge in [0, 0.05) is 15.8 Å². The fraction of sp³-hybridized carbons (Fsp3) is 0.588. The van der Waals surface area contributed by atoms with E-state index in [0.29, 0.717) is 0 Å². The molecule has 0 bridgehead atoms. The number of carbonyl (C=O) groups excluding carboxylic acids is 1. The second-order valence-corrected chi connectivity index (χ2v) is 7.16. The lowest BCUT2D eigenvalue weighted by atomic mass is 10.1. The van der Waals surface area contributed by atoms with Crippen molar-refractivity contribution in [1.82, 2.24) is 0 Å². The maximum Gasteiger partial charge on any atom is 0.241 e. The minimum absolute atomic E-state index is 0.0837. The standard InChI is InChI=1S/C17H26N2OS/c1-2-3-8-16(18)17(20)19-13-9-11-15(12-10-13)21-14-6-4-5-7-14/h9-12,14,16H,2-8,18H2,1H3,(H,19,20). The van der Waals surface area contributed by atoms with Crippen LogP contribution in [0.1, 0.15) is 51.9 Å². The van der Waals surface area contributed by atoms with Crippen molar-refractivity contribution in [2.75, 3.05) is 5.32 Å². The number of nitrogens with one attached hydrogen (secondary N) is 1. The molecule has 1 aromatic carbocycles. The molecule has 0 radical (unpaired) electrons. The average molecular weight is 306 g/mol. The molecule has 3 N–H and O–H groups in total. The van der Waals surface area contributed by atoms with Gasteiger partial charge in [0.1, 0.15) is 0 Å². The Kier molecular flexibility index (Phi) is 6.58. The van der Waals surface area contributed by atoms with E-state index in [0.717, 1.165) is 30.2 Å². The van der Waals surface area contributed by atoms with Crippen LogP contribution < -0.4 is 11.1 Å². The summed E-state index contributed by atoms with van der Waals surface area (Å²) in [5.74, 6) is -0.0837. The lowest BCUT2D eigenvalue weighted by molar-refractivity contribution is -0.117. The number of anilines is 1. The van der Waals surface area contributed by atoms with Crippen molar-refractivity contribution in [2.45, 2.75) is 68.1 Å². The fourth-order valence-electron chi connectivity index (χ4n) is 2.61. The van der Waals surface area contributed by atoms with Crippen LogP contribution in [0.25, 0.3) is 0 Å². The van der Waals surface area contributed by atoms with Crippen LogP contribution in [0.2, 0.25) is 0 Å². The van der Waals surface area contributed by atoms with E-state index >= 15 is 0 Å². The first-order valence-corrected chi connectivity index (χ1v) is 8.90. The second-order valence-electron chi connectivity index (χ2n) is 5.79. The van der Waals surface area contributed by atoms with E-state index in [4.69, 9.17) is 5.73 Å². The molecule has 4 heteroatoms. The molecular weight excluding hydrogens is 280 g/mol. The molecule has 0 spiro atoms. The number of benzene rings is 1. The van der Waals surface area contributed by atoms with Crippen molar-refractivity contribution in [3.63, 3.8) is 0 Å². The molecule has 2 rings (SSSR count). The topological polar surface area (TPSA) is 55.1 Å². The Morgan fingerprint density at radius 1 is 1.33 bits per heavy atom. The van der Waals surface area contributed by atoms with Crippen LogP contribution >= 0.6 is 11.8 Å². The third-order valence-electron chi connectivity index (χ3n) is 3.93. The summed E-state index contributed by atoms with van der Waals surface area (Å²) in [4.78, 5) is 13.2. The predicted octanol–water partition coefficient (Wildman–Crippen LogP) is 4.18. The summed E-state index contributed by atoms with van der Waals surface area (Å²) in [6.45, 7) is 2.10. The van der Waals surface area contributed by atoms with Gasteiger partial charge in [0.2, 0.25) is 5.91 Å². The highest BCUT2D eigenvalue weighted by atomic mass is 32.2. The van der Waals surface area contributed by atoms with Gasteiger partial charge in [-0.1, -0.05) is 32.6 Å². The Balaban J connectivity index is 1.82. The van der Waals surface area contributed by atoms with Crippen molar-refractivity contribution in [2.24, 2.45) is 5.73 Å². The van der Waals surface area contributed by atoms with Crippen molar-refractivity contribution in [3.8, 4) is 0 Å². The van der Waals surface area contributed by atoms with Gasteiger partial charge in [0.15, 0.2) is 0 Å². The number of carbonyl (C=O) groups is 1. The van der Waals surface area contributed by atoms with Crippen molar-refractivity contribution >= 4 is 23.4 Å². The summed E-state index contributed by atoms with van der Waals surface area (Å²) < 4.78 is 0. The Morgan fingerprint density at radius 3 is 2.62 bits per heavy atom. The molecule has 21 heavy (non-hydrogen) atoms. The van der Waals surface area contributed by atoms with Crippen LogP contribution in [0.5, 0.6) is 0 Å². The summed E-state index contributed by atoms with van der Waals surface area (Å²) >= 11 is 1.96. The molecule has 1 aliphatic rings. The van der Waals surface area contributed by atoms with Crippen LogP contribution in [0.15, 0.2) is 29.2 Å². The van der Waals surface area contributed by atoms with Crippen LogP contribution in [-0.2, 0) is 4.79 Å². The van der Waals surface area contributed by atoms with Gasteiger partial charge in [0.05, 0.1) is 6.04 Å². The maximum atomic E-state index is 11.9. The Bertz CT molecular complexity index is 441. The predicted molar refractivity (Wildman–Crippen MR) is 90.7 cm³/mol. The quantitative estimate of drug-likeness (QED) is 0.794. The van der Waals surface area contributed by atoms with Crippen LogP contribution in [0, 0.1) is 0 Å². The van der Waals surface area contributed by atoms with E-state index in [9.17, 15) is 4.79 Å². The molecule has 1 saturated carbocycles. The minimum Gasteiger partial charge on any atom is -0.325 e. The van der Waals surface area contributed by atoms with Crippen LogP contribution in [-0.4, -0.2) is 17.2 Å². The first kappa shape index (κ1) is 16.4. The fourth-order valence-corrected chi connectivity index (χ4v) is 3.85. The van der Waals surface area contributed by atoms with Gasteiger partial charge in [-0.2, -0.15) is 0 Å². The normalized spacial score (nSPS) is 16.9. The van der Waals surface area contributed by atoms with Crippen molar-refractivity contribution < 1.29 is 4.79 Å². The van der Waals surface area contributed by atoms with E-state index < -0.39 is 6.04 Å². The molecule has 1 fully saturated rings. The second kappa shape index (κ2) is 8.44. The third kappa shape index (κ3) is 5.36. The lowest BCUT2D eigenvalue weighted by Gasteiger charge is -2.13. The van der Waals surface area contributed by atoms with Gasteiger partial charge in [-0.15, -0.1) is 11.8 Å². The van der Waals surface area contributed by atoms with Crippen molar-refractivity contribution in [1.29, 1.82) is 0 Å². The summed E-state index contributed by atoms with van der Waals surface area (Å²) in [5, 5.41) is 3.67. The smallest absolute Gasteiger partial charge is 0.241 e. The summed E-state index contributed by atoms with van der Waals surface area (Å²) in [5.41, 5.74) is 6.71. The van der Waals surface area contributed by atoms with Gasteiger partial charge in [-0.05, 0) is 43.5 Å². The van der Waals surface area contributed by atoms with E-state index in [1.807, 2.05) is 23.9 Å². The van der Waals surface area contributed by atoms with Crippen LogP contribution in [0.3, 0.4) is 0 Å². The number of nitrogens with two attached hydrogens (primary N) is 1. The number of unbranched alkanes of at least 4 members (excludes halogenated alkanes) is 1. The maximum absolute atomic E-state index is 11.9. The molecule has 0 aromatic heterocycles. The molecule has 1 aliphatic carbocycles. The molecule has 1 amide bonds. The Hall–Kier alpha value is -1.00. The summed E-state index contributed by atoms with van der Waals surface area (Å²) in [6, 6.07) is 7.73. The zero-order valence-electron chi connectivity index (χ0n) is 12.8. The molecule has 116 valence electrons. The van der Waals surface area contributed by atoms with E-state index in [1.165, 1.54) is 30.6 Å². The zero-order valence-corrected chi connectivity index (χ0v) is 13.6. The SMILES string of the molecule is CCCCC(N)C(=O)Nc1ccc(SC2CCCC2)cc1. The number of hydrogen-bond donors (Lipinski definition) is 2. The number of thioether (sulfide) groups is 1. The average Bonchev–Trinajstić information content (AvgIpc) is 2.99. The zero-order chi connectivity index (χ0) is 15.1. The molecule has 0 saturated heterocycles. The van der Waals surface area contributed by atoms with Gasteiger partial charge in [-0.25, -0.2) is 0 Å². The largest absolute Gasteiger partial charge is 0.325 e. The summed E-state index contributed by atoms with van der Waals surface area (Å²) in [7, 11) is 0. The highest BCUT2D eigenvalue weighted by molar-refractivity contribution is 8.00. The third-order valence-corrected chi connectivity index (χ3v) is 5.28. The highest BCUT2D eigenvalue weighted by Gasteiger charge is 2.16. The van der Waals surface area contributed by atoms with E-state index in [2.05, 4.69) is 24.4 Å². The first-order chi connectivity index (χ1) is 10.2. The van der Waals surface area contributed by atoms with Crippen molar-refractivity contribution in [3.05, 3.63) is 24.3 Å². The molecular formula is C17H26N2OS. The monoisotopic (exact) mass is 306 g/mol. The molecule has 3 nitrogen and oxygen atoms in total.